The van der Waals surface area contributed by atoms with Gasteiger partial charge in [0.1, 0.15) is 18.4 Å². The zero-order chi connectivity index (χ0) is 21.3. The number of nitrogens with zero attached hydrogens (tertiary/aromatic N) is 4. The number of aromatic nitrogens is 3. The van der Waals surface area contributed by atoms with Crippen molar-refractivity contribution in [3.8, 4) is 5.75 Å². The summed E-state index contributed by atoms with van der Waals surface area (Å²) in [4.78, 5) is 30.6. The number of carbonyl (C=O) groups excluding carboxylic acids is 2. The Morgan fingerprint density at radius 2 is 2.13 bits per heavy atom. The molecule has 0 saturated heterocycles. The van der Waals surface area contributed by atoms with E-state index in [1.807, 2.05) is 6.07 Å². The number of likely N-dealkylation sites (N-methyl/N-ethyl adjacent to an activating group) is 1. The average Bonchev–Trinajstić information content (AvgIpc) is 3.15. The van der Waals surface area contributed by atoms with E-state index in [-0.39, 0.29) is 18.9 Å². The highest BCUT2D eigenvalue weighted by Gasteiger charge is 2.31. The van der Waals surface area contributed by atoms with Gasteiger partial charge in [0, 0.05) is 29.8 Å². The van der Waals surface area contributed by atoms with Crippen LogP contribution in [0, 0.1) is 5.95 Å². The SMILES string of the molecule is CN1C(=O)[C@@H](NC(=O)n2ccc(Cc3cccc(F)n3)n2)COc2ccc(Br)cc21. The molecule has 30 heavy (non-hydrogen) atoms. The van der Waals surface area contributed by atoms with Crippen LogP contribution in [0.2, 0.25) is 0 Å². The number of pyridine rings is 1. The van der Waals surface area contributed by atoms with Crippen LogP contribution in [0.5, 0.6) is 5.75 Å². The molecule has 0 unspecified atom stereocenters. The van der Waals surface area contributed by atoms with E-state index in [4.69, 9.17) is 4.74 Å². The Labute approximate surface area is 179 Å². The number of hydrogen-bond donors (Lipinski definition) is 1. The van der Waals surface area contributed by atoms with Gasteiger partial charge in [-0.05, 0) is 36.4 Å². The Morgan fingerprint density at radius 1 is 1.30 bits per heavy atom. The van der Waals surface area contributed by atoms with Gasteiger partial charge < -0.3 is 15.0 Å². The van der Waals surface area contributed by atoms with Crippen LogP contribution in [-0.4, -0.2) is 46.4 Å². The van der Waals surface area contributed by atoms with Gasteiger partial charge in [0.2, 0.25) is 5.95 Å². The summed E-state index contributed by atoms with van der Waals surface area (Å²) in [5, 5.41) is 6.84. The number of fused-ring (bicyclic) bond motifs is 1. The molecular formula is C20H17BrFN5O3. The molecule has 1 aromatic carbocycles. The number of anilines is 1. The molecule has 3 aromatic rings. The Balaban J connectivity index is 1.45. The number of amides is 2. The highest BCUT2D eigenvalue weighted by atomic mass is 79.9. The second-order valence-electron chi connectivity index (χ2n) is 6.70. The van der Waals surface area contributed by atoms with E-state index in [9.17, 15) is 14.0 Å². The Bertz CT molecular complexity index is 1120. The summed E-state index contributed by atoms with van der Waals surface area (Å²) in [5.74, 6) is -0.333. The second-order valence-corrected chi connectivity index (χ2v) is 7.62. The molecule has 0 fully saturated rings. The molecule has 1 aliphatic rings. The van der Waals surface area contributed by atoms with E-state index in [0.717, 1.165) is 9.15 Å². The van der Waals surface area contributed by atoms with Crippen molar-refractivity contribution in [2.45, 2.75) is 12.5 Å². The first-order chi connectivity index (χ1) is 14.4. The highest BCUT2D eigenvalue weighted by Crippen LogP contribution is 2.33. The largest absolute Gasteiger partial charge is 0.489 e. The fraction of sp³-hybridized carbons (Fsp3) is 0.200. The summed E-state index contributed by atoms with van der Waals surface area (Å²) in [6, 6.07) is 10.0. The maximum absolute atomic E-state index is 13.2. The monoisotopic (exact) mass is 473 g/mol. The molecule has 2 amide bonds. The van der Waals surface area contributed by atoms with Gasteiger partial charge in [-0.15, -0.1) is 0 Å². The summed E-state index contributed by atoms with van der Waals surface area (Å²) in [7, 11) is 1.62. The van der Waals surface area contributed by atoms with Gasteiger partial charge in [0.05, 0.1) is 11.4 Å². The summed E-state index contributed by atoms with van der Waals surface area (Å²) < 4.78 is 20.9. The molecule has 2 aromatic heterocycles. The molecule has 1 atom stereocenters. The zero-order valence-corrected chi connectivity index (χ0v) is 17.5. The first kappa shape index (κ1) is 20.0. The van der Waals surface area contributed by atoms with Crippen LogP contribution in [0.3, 0.4) is 0 Å². The fourth-order valence-corrected chi connectivity index (χ4v) is 3.44. The van der Waals surface area contributed by atoms with Crippen LogP contribution in [0.25, 0.3) is 0 Å². The van der Waals surface area contributed by atoms with Crippen LogP contribution in [0.4, 0.5) is 14.9 Å². The number of ether oxygens (including phenoxy) is 1. The number of hydrogen-bond acceptors (Lipinski definition) is 5. The molecule has 8 nitrogen and oxygen atoms in total. The topological polar surface area (TPSA) is 89.4 Å². The van der Waals surface area contributed by atoms with Gasteiger partial charge in [-0.2, -0.15) is 14.2 Å². The lowest BCUT2D eigenvalue weighted by Gasteiger charge is -2.20. The third-order valence-electron chi connectivity index (χ3n) is 4.60. The molecule has 0 saturated carbocycles. The normalized spacial score (nSPS) is 15.9. The maximum Gasteiger partial charge on any atom is 0.342 e. The van der Waals surface area contributed by atoms with Crippen LogP contribution in [0.1, 0.15) is 11.4 Å². The third kappa shape index (κ3) is 4.18. The molecule has 10 heteroatoms. The summed E-state index contributed by atoms with van der Waals surface area (Å²) >= 11 is 3.38. The number of rotatable bonds is 3. The van der Waals surface area contributed by atoms with Crippen LogP contribution in [0.15, 0.2) is 53.1 Å². The smallest absolute Gasteiger partial charge is 0.342 e. The van der Waals surface area contributed by atoms with E-state index in [1.165, 1.54) is 17.2 Å². The van der Waals surface area contributed by atoms with E-state index in [2.05, 4.69) is 31.3 Å². The van der Waals surface area contributed by atoms with Crippen molar-refractivity contribution >= 4 is 33.6 Å². The van der Waals surface area contributed by atoms with Gasteiger partial charge in [-0.3, -0.25) is 4.79 Å². The summed E-state index contributed by atoms with van der Waals surface area (Å²) in [6.45, 7) is -0.00904. The number of carbonyl (C=O) groups is 2. The molecule has 3 heterocycles. The minimum absolute atomic E-state index is 0.00904. The van der Waals surface area contributed by atoms with Crippen LogP contribution < -0.4 is 15.0 Å². The van der Waals surface area contributed by atoms with E-state index in [0.29, 0.717) is 22.8 Å². The van der Waals surface area contributed by atoms with Crippen molar-refractivity contribution in [3.05, 3.63) is 70.5 Å². The molecule has 154 valence electrons. The summed E-state index contributed by atoms with van der Waals surface area (Å²) in [6.07, 6.45) is 1.75. The Morgan fingerprint density at radius 3 is 2.93 bits per heavy atom. The number of benzene rings is 1. The minimum atomic E-state index is -0.883. The van der Waals surface area contributed by atoms with Crippen molar-refractivity contribution in [1.82, 2.24) is 20.1 Å². The molecule has 4 rings (SSSR count). The Hall–Kier alpha value is -3.27. The van der Waals surface area contributed by atoms with Crippen LogP contribution >= 0.6 is 15.9 Å². The van der Waals surface area contributed by atoms with E-state index >= 15 is 0 Å². The molecule has 0 spiro atoms. The predicted molar refractivity (Wildman–Crippen MR) is 110 cm³/mol. The van der Waals surface area contributed by atoms with Gasteiger partial charge in [0.15, 0.2) is 0 Å². The summed E-state index contributed by atoms with van der Waals surface area (Å²) in [5.41, 5.74) is 1.65. The lowest BCUT2D eigenvalue weighted by atomic mass is 10.2. The number of halogens is 2. The zero-order valence-electron chi connectivity index (χ0n) is 15.9. The quantitative estimate of drug-likeness (QED) is 0.590. The molecule has 0 radical (unpaired) electrons. The van der Waals surface area contributed by atoms with E-state index in [1.54, 1.807) is 37.4 Å². The van der Waals surface area contributed by atoms with Crippen molar-refractivity contribution in [2.24, 2.45) is 0 Å². The van der Waals surface area contributed by atoms with Gasteiger partial charge in [0.25, 0.3) is 5.91 Å². The number of nitrogens with one attached hydrogen (secondary N) is 1. The first-order valence-electron chi connectivity index (χ1n) is 9.07. The highest BCUT2D eigenvalue weighted by molar-refractivity contribution is 9.10. The third-order valence-corrected chi connectivity index (χ3v) is 5.09. The lowest BCUT2D eigenvalue weighted by molar-refractivity contribution is -0.120. The van der Waals surface area contributed by atoms with Crippen LogP contribution in [-0.2, 0) is 11.2 Å². The van der Waals surface area contributed by atoms with Crippen molar-refractivity contribution in [1.29, 1.82) is 0 Å². The van der Waals surface area contributed by atoms with E-state index < -0.39 is 18.0 Å². The first-order valence-corrected chi connectivity index (χ1v) is 9.87. The lowest BCUT2D eigenvalue weighted by Crippen LogP contribution is -2.50. The molecule has 0 bridgehead atoms. The van der Waals surface area contributed by atoms with Crippen molar-refractivity contribution in [3.63, 3.8) is 0 Å². The minimum Gasteiger partial charge on any atom is -0.489 e. The average molecular weight is 474 g/mol. The predicted octanol–water partition coefficient (Wildman–Crippen LogP) is 2.75. The van der Waals surface area contributed by atoms with Gasteiger partial charge in [-0.25, -0.2) is 9.78 Å². The standard InChI is InChI=1S/C20H17BrFN5O3/c1-26-16-9-12(21)5-6-17(16)30-11-15(19(26)28)24-20(29)27-8-7-14(25-27)10-13-3-2-4-18(22)23-13/h2-9,15H,10-11H2,1H3,(H,24,29)/t15-/m0/s1. The van der Waals surface area contributed by atoms with Gasteiger partial charge in [-0.1, -0.05) is 22.0 Å². The molecule has 0 aliphatic carbocycles. The molecule has 1 aliphatic heterocycles. The Kier molecular flexibility index (Phi) is 5.49. The maximum atomic E-state index is 13.2. The van der Waals surface area contributed by atoms with Crippen molar-refractivity contribution in [2.75, 3.05) is 18.6 Å². The fourth-order valence-electron chi connectivity index (χ4n) is 3.09. The molecule has 1 N–H and O–H groups in total. The van der Waals surface area contributed by atoms with Crippen molar-refractivity contribution < 1.29 is 18.7 Å². The second kappa shape index (κ2) is 8.23. The van der Waals surface area contributed by atoms with Gasteiger partial charge >= 0.3 is 6.03 Å². The molecular weight excluding hydrogens is 457 g/mol.